The lowest BCUT2D eigenvalue weighted by Gasteiger charge is -2.45. The molecule has 3 aliphatic rings. The third-order valence-corrected chi connectivity index (χ3v) is 11.2. The van der Waals surface area contributed by atoms with E-state index in [-0.39, 0.29) is 48.6 Å². The number of benzene rings is 3. The molecule has 1 saturated heterocycles. The summed E-state index contributed by atoms with van der Waals surface area (Å²) in [7, 11) is 0. The van der Waals surface area contributed by atoms with E-state index in [4.69, 9.17) is 16.3 Å². The fraction of sp³-hybridized carbons (Fsp3) is 0.425. The number of carbonyl (C=O) groups is 3. The first-order valence-corrected chi connectivity index (χ1v) is 18.8. The number of hydrogen-bond donors (Lipinski definition) is 2. The summed E-state index contributed by atoms with van der Waals surface area (Å²) in [5, 5.41) is 13.9. The van der Waals surface area contributed by atoms with Gasteiger partial charge in [-0.15, -0.1) is 0 Å². The molecule has 11 heteroatoms. The molecule has 270 valence electrons. The standard InChI is InChI=1S/C40H44BrClFN3O5/c1-40(2,39(49)50)18-17-36(47)45-23-29-21-31(26-11-9-25(10-12-26)6-5-19-51-35-20-28(43)13-16-32(35)41)37(34(24-45)44-29)38(48)46(30-14-15-30)22-27-7-3-4-8-33(27)42/h3-4,7-13,16,20,29-30,34,44H,5-6,14-15,17-19,21-24H2,1-2H3,(H,49,50)/t29?,34-/m1/s1. The predicted octanol–water partition coefficient (Wildman–Crippen LogP) is 7.66. The summed E-state index contributed by atoms with van der Waals surface area (Å²) in [4.78, 5) is 43.7. The number of nitrogens with one attached hydrogen (secondary N) is 1. The first-order valence-electron chi connectivity index (χ1n) is 17.6. The van der Waals surface area contributed by atoms with Gasteiger partial charge in [-0.25, -0.2) is 4.39 Å². The van der Waals surface area contributed by atoms with Crippen LogP contribution in [0.25, 0.3) is 5.57 Å². The van der Waals surface area contributed by atoms with Crippen molar-refractivity contribution in [2.45, 2.75) is 83.5 Å². The summed E-state index contributed by atoms with van der Waals surface area (Å²) in [6, 6.07) is 20.0. The Bertz CT molecular complexity index is 1810. The van der Waals surface area contributed by atoms with Crippen LogP contribution in [0.1, 0.15) is 69.1 Å². The number of rotatable bonds is 14. The van der Waals surface area contributed by atoms with E-state index in [0.717, 1.165) is 47.9 Å². The molecule has 2 fully saturated rings. The Kier molecular flexibility index (Phi) is 11.5. The molecule has 3 aromatic carbocycles. The van der Waals surface area contributed by atoms with Crippen LogP contribution in [0.15, 0.2) is 76.8 Å². The van der Waals surface area contributed by atoms with Gasteiger partial charge >= 0.3 is 5.97 Å². The maximum absolute atomic E-state index is 14.8. The summed E-state index contributed by atoms with van der Waals surface area (Å²) in [5.74, 6) is -0.937. The van der Waals surface area contributed by atoms with Crippen molar-refractivity contribution in [1.82, 2.24) is 15.1 Å². The molecule has 2 N–H and O–H groups in total. The van der Waals surface area contributed by atoms with Crippen molar-refractivity contribution in [3.8, 4) is 5.75 Å². The molecule has 2 atom stereocenters. The lowest BCUT2D eigenvalue weighted by molar-refractivity contribution is -0.148. The van der Waals surface area contributed by atoms with E-state index in [1.165, 1.54) is 12.1 Å². The molecule has 2 aliphatic heterocycles. The van der Waals surface area contributed by atoms with Gasteiger partial charge in [0.1, 0.15) is 11.6 Å². The molecule has 8 nitrogen and oxygen atoms in total. The van der Waals surface area contributed by atoms with E-state index in [2.05, 4.69) is 45.5 Å². The lowest BCUT2D eigenvalue weighted by Crippen LogP contribution is -2.62. The minimum absolute atomic E-state index is 0.0468. The third kappa shape index (κ3) is 9.02. The van der Waals surface area contributed by atoms with Crippen LogP contribution in [0.3, 0.4) is 0 Å². The minimum atomic E-state index is -1.01. The second kappa shape index (κ2) is 15.9. The van der Waals surface area contributed by atoms with Gasteiger partial charge in [0.2, 0.25) is 5.91 Å². The third-order valence-electron chi connectivity index (χ3n) is 10.1. The number of aryl methyl sites for hydroxylation is 1. The summed E-state index contributed by atoms with van der Waals surface area (Å²) in [6.07, 6.45) is 4.31. The van der Waals surface area contributed by atoms with Crippen LogP contribution < -0.4 is 10.1 Å². The highest BCUT2D eigenvalue weighted by Crippen LogP contribution is 2.38. The average molecular weight is 781 g/mol. The zero-order valence-electron chi connectivity index (χ0n) is 29.0. The van der Waals surface area contributed by atoms with Crippen LogP contribution in [0.4, 0.5) is 4.39 Å². The molecular formula is C40H44BrClFN3O5. The fourth-order valence-electron chi connectivity index (χ4n) is 6.89. The van der Waals surface area contributed by atoms with E-state index in [1.807, 2.05) is 29.2 Å². The van der Waals surface area contributed by atoms with Gasteiger partial charge in [-0.1, -0.05) is 54.1 Å². The number of amides is 2. The zero-order valence-corrected chi connectivity index (χ0v) is 31.3. The van der Waals surface area contributed by atoms with E-state index < -0.39 is 11.4 Å². The van der Waals surface area contributed by atoms with Crippen molar-refractivity contribution in [2.75, 3.05) is 19.7 Å². The summed E-state index contributed by atoms with van der Waals surface area (Å²) in [5.41, 5.74) is 3.66. The molecule has 6 rings (SSSR count). The molecule has 51 heavy (non-hydrogen) atoms. The molecule has 0 spiro atoms. The number of aliphatic carboxylic acids is 1. The topological polar surface area (TPSA) is 99.2 Å². The number of hydrogen-bond acceptors (Lipinski definition) is 5. The first kappa shape index (κ1) is 37.0. The average Bonchev–Trinajstić information content (AvgIpc) is 3.95. The van der Waals surface area contributed by atoms with Crippen LogP contribution in [0, 0.1) is 11.2 Å². The van der Waals surface area contributed by atoms with Crippen LogP contribution in [0.5, 0.6) is 5.75 Å². The van der Waals surface area contributed by atoms with Gasteiger partial charge < -0.3 is 25.0 Å². The molecule has 0 aromatic heterocycles. The van der Waals surface area contributed by atoms with Crippen LogP contribution >= 0.6 is 27.5 Å². The molecule has 3 aromatic rings. The van der Waals surface area contributed by atoms with Crippen molar-refractivity contribution < 1.29 is 28.6 Å². The van der Waals surface area contributed by atoms with Gasteiger partial charge in [-0.05, 0) is 109 Å². The number of halogens is 3. The molecular weight excluding hydrogens is 737 g/mol. The van der Waals surface area contributed by atoms with Crippen molar-refractivity contribution in [2.24, 2.45) is 5.41 Å². The van der Waals surface area contributed by atoms with Crippen molar-refractivity contribution >= 4 is 50.9 Å². The maximum Gasteiger partial charge on any atom is 0.309 e. The van der Waals surface area contributed by atoms with Gasteiger partial charge in [0.05, 0.1) is 22.5 Å². The smallest absolute Gasteiger partial charge is 0.309 e. The predicted molar refractivity (Wildman–Crippen MR) is 199 cm³/mol. The summed E-state index contributed by atoms with van der Waals surface area (Å²) in [6.45, 7) is 4.93. The highest BCUT2D eigenvalue weighted by atomic mass is 79.9. The molecule has 2 amide bonds. The van der Waals surface area contributed by atoms with Crippen molar-refractivity contribution in [3.63, 3.8) is 0 Å². The van der Waals surface area contributed by atoms with Gasteiger partial charge in [-0.2, -0.15) is 0 Å². The Hall–Kier alpha value is -3.73. The van der Waals surface area contributed by atoms with Crippen LogP contribution in [-0.4, -0.2) is 70.5 Å². The van der Waals surface area contributed by atoms with E-state index >= 15 is 0 Å². The largest absolute Gasteiger partial charge is 0.492 e. The number of carbonyl (C=O) groups excluding carboxylic acids is 2. The fourth-order valence-corrected chi connectivity index (χ4v) is 7.45. The number of nitrogens with zero attached hydrogens (tertiary/aromatic N) is 2. The number of piperazine rings is 1. The normalized spacial score (nSPS) is 18.8. The highest BCUT2D eigenvalue weighted by Gasteiger charge is 2.43. The zero-order chi connectivity index (χ0) is 36.3. The van der Waals surface area contributed by atoms with Crippen LogP contribution in [0.2, 0.25) is 5.02 Å². The SMILES string of the molecule is CC(C)(CCC(=O)N1CC2CC(c3ccc(CCCOc4cc(F)ccc4Br)cc3)=C(C(=O)N(Cc3ccccc3Cl)C3CC3)[C@@H](C1)N2)C(=O)O. The van der Waals surface area contributed by atoms with E-state index in [1.54, 1.807) is 24.8 Å². The number of fused-ring (bicyclic) bond motifs is 2. The van der Waals surface area contributed by atoms with Crippen LogP contribution in [-0.2, 0) is 27.3 Å². The molecule has 2 bridgehead atoms. The van der Waals surface area contributed by atoms with Gasteiger partial charge in [0.15, 0.2) is 0 Å². The molecule has 1 unspecified atom stereocenters. The second-order valence-corrected chi connectivity index (χ2v) is 15.7. The van der Waals surface area contributed by atoms with Gasteiger partial charge in [0, 0.05) is 54.8 Å². The van der Waals surface area contributed by atoms with Gasteiger partial charge in [0.25, 0.3) is 5.91 Å². The quantitative estimate of drug-likeness (QED) is 0.163. The van der Waals surface area contributed by atoms with Crippen molar-refractivity contribution in [3.05, 3.63) is 104 Å². The lowest BCUT2D eigenvalue weighted by atomic mass is 9.82. The molecule has 0 radical (unpaired) electrons. The Morgan fingerprint density at radius 1 is 1.08 bits per heavy atom. The summed E-state index contributed by atoms with van der Waals surface area (Å²) >= 11 is 9.97. The molecule has 2 heterocycles. The Morgan fingerprint density at radius 2 is 1.82 bits per heavy atom. The second-order valence-electron chi connectivity index (χ2n) is 14.5. The molecule has 1 aliphatic carbocycles. The molecule has 1 saturated carbocycles. The Balaban J connectivity index is 1.23. The first-order chi connectivity index (χ1) is 24.4. The summed E-state index contributed by atoms with van der Waals surface area (Å²) < 4.78 is 20.1. The number of carboxylic acid groups (broad SMARTS) is 1. The highest BCUT2D eigenvalue weighted by molar-refractivity contribution is 9.10. The van der Waals surface area contributed by atoms with E-state index in [0.29, 0.717) is 53.5 Å². The Morgan fingerprint density at radius 3 is 2.53 bits per heavy atom. The maximum atomic E-state index is 14.8. The van der Waals surface area contributed by atoms with Crippen molar-refractivity contribution in [1.29, 1.82) is 0 Å². The number of ether oxygens (including phenoxy) is 1. The number of carboxylic acids is 1. The minimum Gasteiger partial charge on any atom is -0.492 e. The monoisotopic (exact) mass is 779 g/mol. The van der Waals surface area contributed by atoms with Gasteiger partial charge in [-0.3, -0.25) is 14.4 Å². The Labute approximate surface area is 312 Å². The van der Waals surface area contributed by atoms with E-state index in [9.17, 15) is 23.9 Å².